The number of carbonyl (C=O) groups is 1. The molecule has 78 valence electrons. The number of hydrogen-bond donors (Lipinski definition) is 2. The van der Waals surface area contributed by atoms with E-state index < -0.39 is 0 Å². The summed E-state index contributed by atoms with van der Waals surface area (Å²) in [6, 6.07) is 5.41. The first-order chi connectivity index (χ1) is 7.19. The molecular formula is C12H13NO2. The van der Waals surface area contributed by atoms with Crippen LogP contribution in [0.3, 0.4) is 0 Å². The maximum atomic E-state index is 11.5. The van der Waals surface area contributed by atoms with Crippen LogP contribution in [0.15, 0.2) is 18.2 Å². The average Bonchev–Trinajstić information content (AvgIpc) is 2.25. The molecule has 3 nitrogen and oxygen atoms in total. The Morgan fingerprint density at radius 1 is 1.53 bits per heavy atom. The molecule has 0 saturated carbocycles. The summed E-state index contributed by atoms with van der Waals surface area (Å²) in [6.45, 7) is 1.72. The molecule has 1 rings (SSSR count). The van der Waals surface area contributed by atoms with Gasteiger partial charge in [-0.2, -0.15) is 0 Å². The molecule has 0 spiro atoms. The van der Waals surface area contributed by atoms with Gasteiger partial charge in [-0.3, -0.25) is 4.79 Å². The third kappa shape index (κ3) is 2.83. The van der Waals surface area contributed by atoms with E-state index in [1.807, 2.05) is 19.1 Å². The molecule has 0 fully saturated rings. The first-order valence-corrected chi connectivity index (χ1v) is 4.61. The fourth-order valence-electron chi connectivity index (χ4n) is 1.23. The highest BCUT2D eigenvalue weighted by Crippen LogP contribution is 2.10. The van der Waals surface area contributed by atoms with Crippen LogP contribution in [0.4, 0.5) is 0 Å². The Morgan fingerprint density at radius 2 is 2.27 bits per heavy atom. The highest BCUT2D eigenvalue weighted by atomic mass is 16.2. The van der Waals surface area contributed by atoms with Gasteiger partial charge in [-0.05, 0) is 24.6 Å². The summed E-state index contributed by atoms with van der Waals surface area (Å²) in [5.41, 5.74) is 2.21. The lowest BCUT2D eigenvalue weighted by molar-refractivity contribution is 0.0963. The summed E-state index contributed by atoms with van der Waals surface area (Å²) >= 11 is 0. The van der Waals surface area contributed by atoms with Crippen molar-refractivity contribution in [1.29, 1.82) is 0 Å². The van der Waals surface area contributed by atoms with Crippen molar-refractivity contribution in [3.05, 3.63) is 34.9 Å². The number of amides is 1. The minimum atomic E-state index is -0.207. The van der Waals surface area contributed by atoms with Crippen LogP contribution in [0.2, 0.25) is 0 Å². The van der Waals surface area contributed by atoms with Crippen molar-refractivity contribution in [1.82, 2.24) is 5.32 Å². The van der Waals surface area contributed by atoms with Gasteiger partial charge in [0.25, 0.3) is 5.91 Å². The lowest BCUT2D eigenvalue weighted by Crippen LogP contribution is -2.19. The summed E-state index contributed by atoms with van der Waals surface area (Å²) in [4.78, 5) is 11.5. The number of aliphatic hydroxyl groups is 1. The van der Waals surface area contributed by atoms with E-state index in [1.54, 1.807) is 13.1 Å². The zero-order chi connectivity index (χ0) is 11.3. The second-order valence-electron chi connectivity index (χ2n) is 3.09. The maximum Gasteiger partial charge on any atom is 0.252 e. The fourth-order valence-corrected chi connectivity index (χ4v) is 1.23. The standard InChI is InChI=1S/C12H13NO2/c1-9-5-6-11(12(15)13-2)10(8-9)4-3-7-14/h5-6,8,14H,7H2,1-2H3,(H,13,15). The van der Waals surface area contributed by atoms with Crippen molar-refractivity contribution < 1.29 is 9.90 Å². The summed E-state index contributed by atoms with van der Waals surface area (Å²) in [5, 5.41) is 11.2. The molecule has 15 heavy (non-hydrogen) atoms. The number of aryl methyl sites for hydroxylation is 1. The van der Waals surface area contributed by atoms with Gasteiger partial charge in [0.1, 0.15) is 6.61 Å². The minimum absolute atomic E-state index is 0.169. The Bertz CT molecular complexity index is 427. The van der Waals surface area contributed by atoms with Gasteiger partial charge in [-0.1, -0.05) is 17.9 Å². The number of hydrogen-bond acceptors (Lipinski definition) is 2. The van der Waals surface area contributed by atoms with Gasteiger partial charge in [0.2, 0.25) is 0 Å². The van der Waals surface area contributed by atoms with Crippen LogP contribution < -0.4 is 5.32 Å². The van der Waals surface area contributed by atoms with Crippen molar-refractivity contribution in [2.24, 2.45) is 0 Å². The Hall–Kier alpha value is -1.79. The van der Waals surface area contributed by atoms with Crippen molar-refractivity contribution >= 4 is 5.91 Å². The smallest absolute Gasteiger partial charge is 0.252 e. The molecule has 0 unspecified atom stereocenters. The second kappa shape index (κ2) is 5.18. The molecule has 2 N–H and O–H groups in total. The largest absolute Gasteiger partial charge is 0.384 e. The SMILES string of the molecule is CNC(=O)c1ccc(C)cc1C#CCO. The van der Waals surface area contributed by atoms with Gasteiger partial charge < -0.3 is 10.4 Å². The average molecular weight is 203 g/mol. The molecule has 0 saturated heterocycles. The molecule has 3 heteroatoms. The first-order valence-electron chi connectivity index (χ1n) is 4.61. The van der Waals surface area contributed by atoms with Crippen LogP contribution in [0, 0.1) is 18.8 Å². The molecule has 0 atom stereocenters. The van der Waals surface area contributed by atoms with Crippen LogP contribution in [0.1, 0.15) is 21.5 Å². The zero-order valence-corrected chi connectivity index (χ0v) is 8.79. The van der Waals surface area contributed by atoms with E-state index in [1.165, 1.54) is 0 Å². The third-order valence-electron chi connectivity index (χ3n) is 1.95. The summed E-state index contributed by atoms with van der Waals surface area (Å²) in [7, 11) is 1.57. The Morgan fingerprint density at radius 3 is 2.87 bits per heavy atom. The molecule has 0 heterocycles. The Kier molecular flexibility index (Phi) is 3.90. The number of carbonyl (C=O) groups excluding carboxylic acids is 1. The van der Waals surface area contributed by atoms with Crippen molar-refractivity contribution in [3.63, 3.8) is 0 Å². The molecule has 0 aliphatic carbocycles. The van der Waals surface area contributed by atoms with Gasteiger partial charge in [-0.25, -0.2) is 0 Å². The van der Waals surface area contributed by atoms with Crippen LogP contribution >= 0.6 is 0 Å². The van der Waals surface area contributed by atoms with Gasteiger partial charge in [-0.15, -0.1) is 0 Å². The van der Waals surface area contributed by atoms with E-state index in [-0.39, 0.29) is 12.5 Å². The van der Waals surface area contributed by atoms with Crippen LogP contribution in [0.5, 0.6) is 0 Å². The fraction of sp³-hybridized carbons (Fsp3) is 0.250. The lowest BCUT2D eigenvalue weighted by Gasteiger charge is -2.03. The minimum Gasteiger partial charge on any atom is -0.384 e. The first kappa shape index (κ1) is 11.3. The Balaban J connectivity index is 3.20. The monoisotopic (exact) mass is 203 g/mol. The zero-order valence-electron chi connectivity index (χ0n) is 8.79. The van der Waals surface area contributed by atoms with Gasteiger partial charge in [0.05, 0.1) is 5.56 Å². The lowest BCUT2D eigenvalue weighted by atomic mass is 10.0. The topological polar surface area (TPSA) is 49.3 Å². The quantitative estimate of drug-likeness (QED) is 0.660. The summed E-state index contributed by atoms with van der Waals surface area (Å²) in [5.74, 6) is 5.13. The molecule has 0 aliphatic rings. The van der Waals surface area contributed by atoms with Crippen molar-refractivity contribution in [3.8, 4) is 11.8 Å². The van der Waals surface area contributed by atoms with Crippen LogP contribution in [0.25, 0.3) is 0 Å². The molecule has 0 aromatic heterocycles. The normalized spacial score (nSPS) is 9.00. The predicted molar refractivity (Wildman–Crippen MR) is 58.5 cm³/mol. The second-order valence-corrected chi connectivity index (χ2v) is 3.09. The maximum absolute atomic E-state index is 11.5. The molecule has 0 bridgehead atoms. The predicted octanol–water partition coefficient (Wildman–Crippen LogP) is 0.698. The Labute approximate surface area is 89.1 Å². The van der Waals surface area contributed by atoms with Crippen molar-refractivity contribution in [2.75, 3.05) is 13.7 Å². The van der Waals surface area contributed by atoms with E-state index >= 15 is 0 Å². The highest BCUT2D eigenvalue weighted by Gasteiger charge is 2.07. The van der Waals surface area contributed by atoms with Crippen LogP contribution in [-0.4, -0.2) is 24.7 Å². The number of benzene rings is 1. The number of rotatable bonds is 1. The van der Waals surface area contributed by atoms with Gasteiger partial charge in [0.15, 0.2) is 0 Å². The third-order valence-corrected chi connectivity index (χ3v) is 1.95. The molecule has 0 aliphatic heterocycles. The van der Waals surface area contributed by atoms with E-state index in [9.17, 15) is 4.79 Å². The van der Waals surface area contributed by atoms with Crippen molar-refractivity contribution in [2.45, 2.75) is 6.92 Å². The van der Waals surface area contributed by atoms with Gasteiger partial charge in [0, 0.05) is 12.6 Å². The van der Waals surface area contributed by atoms with Crippen LogP contribution in [-0.2, 0) is 0 Å². The summed E-state index contributed by atoms with van der Waals surface area (Å²) in [6.07, 6.45) is 0. The molecule has 1 aromatic rings. The van der Waals surface area contributed by atoms with E-state index in [0.717, 1.165) is 5.56 Å². The number of nitrogens with one attached hydrogen (secondary N) is 1. The summed E-state index contributed by atoms with van der Waals surface area (Å²) < 4.78 is 0. The van der Waals surface area contributed by atoms with E-state index in [2.05, 4.69) is 17.2 Å². The van der Waals surface area contributed by atoms with Gasteiger partial charge >= 0.3 is 0 Å². The van der Waals surface area contributed by atoms with E-state index in [4.69, 9.17) is 5.11 Å². The number of aliphatic hydroxyl groups excluding tert-OH is 1. The highest BCUT2D eigenvalue weighted by molar-refractivity contribution is 5.96. The molecular weight excluding hydrogens is 190 g/mol. The molecule has 0 radical (unpaired) electrons. The van der Waals surface area contributed by atoms with E-state index in [0.29, 0.717) is 11.1 Å². The molecule has 1 amide bonds. The molecule has 1 aromatic carbocycles.